The third-order valence-corrected chi connectivity index (χ3v) is 2.71. The lowest BCUT2D eigenvalue weighted by molar-refractivity contribution is -0.122. The van der Waals surface area contributed by atoms with E-state index in [-0.39, 0.29) is 11.9 Å². The Hall–Kier alpha value is -0.610. The molecule has 0 bridgehead atoms. The summed E-state index contributed by atoms with van der Waals surface area (Å²) in [7, 11) is 4.14. The first-order chi connectivity index (χ1) is 7.20. The number of carbonyl (C=O) groups is 1. The molecule has 0 aromatic heterocycles. The van der Waals surface area contributed by atoms with Crippen LogP contribution in [0, 0.1) is 0 Å². The van der Waals surface area contributed by atoms with E-state index in [0.717, 1.165) is 45.3 Å². The second-order valence-electron chi connectivity index (χ2n) is 4.45. The molecule has 0 spiro atoms. The molecule has 1 aliphatic heterocycles. The zero-order valence-electron chi connectivity index (χ0n) is 9.88. The lowest BCUT2D eigenvalue weighted by Gasteiger charge is -2.12. The third kappa shape index (κ3) is 5.14. The largest absolute Gasteiger partial charge is 0.355 e. The fourth-order valence-corrected chi connectivity index (χ4v) is 1.80. The predicted molar refractivity (Wildman–Crippen MR) is 61.8 cm³/mol. The van der Waals surface area contributed by atoms with Gasteiger partial charge in [0.2, 0.25) is 5.91 Å². The molecule has 1 heterocycles. The van der Waals surface area contributed by atoms with E-state index in [4.69, 9.17) is 0 Å². The molecule has 2 N–H and O–H groups in total. The normalized spacial score (nSPS) is 20.9. The van der Waals surface area contributed by atoms with E-state index in [1.54, 1.807) is 0 Å². The van der Waals surface area contributed by atoms with Gasteiger partial charge in [-0.1, -0.05) is 0 Å². The Bertz CT molecular complexity index is 188. The first-order valence-corrected chi connectivity index (χ1v) is 5.86. The van der Waals surface area contributed by atoms with Crippen molar-refractivity contribution in [1.82, 2.24) is 15.5 Å². The topological polar surface area (TPSA) is 44.4 Å². The van der Waals surface area contributed by atoms with Crippen LogP contribution >= 0.6 is 0 Å². The lowest BCUT2D eigenvalue weighted by Crippen LogP contribution is -2.40. The second-order valence-corrected chi connectivity index (χ2v) is 4.45. The van der Waals surface area contributed by atoms with E-state index in [0.29, 0.717) is 0 Å². The van der Waals surface area contributed by atoms with Crippen molar-refractivity contribution in [2.45, 2.75) is 31.7 Å². The van der Waals surface area contributed by atoms with Crippen molar-refractivity contribution < 1.29 is 4.79 Å². The van der Waals surface area contributed by atoms with Crippen molar-refractivity contribution in [3.8, 4) is 0 Å². The van der Waals surface area contributed by atoms with Crippen molar-refractivity contribution >= 4 is 5.91 Å². The molecule has 1 unspecified atom stereocenters. The van der Waals surface area contributed by atoms with Crippen molar-refractivity contribution in [3.05, 3.63) is 0 Å². The van der Waals surface area contributed by atoms with Gasteiger partial charge in [-0.05, 0) is 52.9 Å². The molecule has 0 saturated carbocycles. The molecular formula is C11H23N3O. The van der Waals surface area contributed by atoms with Gasteiger partial charge in [-0.25, -0.2) is 0 Å². The van der Waals surface area contributed by atoms with E-state index < -0.39 is 0 Å². The number of amides is 1. The van der Waals surface area contributed by atoms with Crippen LogP contribution in [0.3, 0.4) is 0 Å². The monoisotopic (exact) mass is 213 g/mol. The van der Waals surface area contributed by atoms with Gasteiger partial charge in [0.05, 0.1) is 6.04 Å². The maximum Gasteiger partial charge on any atom is 0.237 e. The Morgan fingerprint density at radius 3 is 2.87 bits per heavy atom. The minimum absolute atomic E-state index is 0.0684. The number of hydrogen-bond donors (Lipinski definition) is 2. The van der Waals surface area contributed by atoms with Gasteiger partial charge in [0.1, 0.15) is 0 Å². The van der Waals surface area contributed by atoms with Gasteiger partial charge in [0.25, 0.3) is 0 Å². The molecule has 1 aliphatic rings. The van der Waals surface area contributed by atoms with Gasteiger partial charge < -0.3 is 15.5 Å². The molecule has 1 saturated heterocycles. The summed E-state index contributed by atoms with van der Waals surface area (Å²) in [4.78, 5) is 13.7. The molecule has 4 nitrogen and oxygen atoms in total. The number of hydrogen-bond acceptors (Lipinski definition) is 3. The van der Waals surface area contributed by atoms with Crippen molar-refractivity contribution in [1.29, 1.82) is 0 Å². The van der Waals surface area contributed by atoms with Crippen LogP contribution in [0.25, 0.3) is 0 Å². The summed E-state index contributed by atoms with van der Waals surface area (Å²) in [5.41, 5.74) is 0. The van der Waals surface area contributed by atoms with Gasteiger partial charge in [-0.3, -0.25) is 4.79 Å². The quantitative estimate of drug-likeness (QED) is 0.619. The maximum atomic E-state index is 11.6. The summed E-state index contributed by atoms with van der Waals surface area (Å²) in [5, 5.41) is 6.17. The predicted octanol–water partition coefficient (Wildman–Crippen LogP) is 0.196. The van der Waals surface area contributed by atoms with E-state index in [1.807, 2.05) is 0 Å². The van der Waals surface area contributed by atoms with E-state index in [9.17, 15) is 4.79 Å². The van der Waals surface area contributed by atoms with E-state index in [1.165, 1.54) is 0 Å². The standard InChI is InChI=1S/C11H23N3O/c1-14(2)9-4-3-7-13-11(15)10-6-5-8-12-10/h10,12H,3-9H2,1-2H3,(H,13,15). The van der Waals surface area contributed by atoms with Gasteiger partial charge >= 0.3 is 0 Å². The smallest absolute Gasteiger partial charge is 0.237 e. The summed E-state index contributed by atoms with van der Waals surface area (Å²) < 4.78 is 0. The molecule has 0 aromatic rings. The van der Waals surface area contributed by atoms with Crippen LogP contribution in [0.2, 0.25) is 0 Å². The maximum absolute atomic E-state index is 11.6. The molecule has 88 valence electrons. The summed E-state index contributed by atoms with van der Waals surface area (Å²) in [6.45, 7) is 2.89. The van der Waals surface area contributed by atoms with Gasteiger partial charge in [0, 0.05) is 6.54 Å². The number of nitrogens with one attached hydrogen (secondary N) is 2. The molecular weight excluding hydrogens is 190 g/mol. The molecule has 1 fully saturated rings. The van der Waals surface area contributed by atoms with E-state index >= 15 is 0 Å². The number of nitrogens with zero attached hydrogens (tertiary/aromatic N) is 1. The highest BCUT2D eigenvalue weighted by atomic mass is 16.2. The Labute approximate surface area is 92.4 Å². The van der Waals surface area contributed by atoms with Crippen LogP contribution < -0.4 is 10.6 Å². The van der Waals surface area contributed by atoms with Gasteiger partial charge in [0.15, 0.2) is 0 Å². The molecule has 0 aliphatic carbocycles. The summed E-state index contributed by atoms with van der Waals surface area (Å²) >= 11 is 0. The number of rotatable bonds is 6. The average Bonchev–Trinajstić information content (AvgIpc) is 2.69. The third-order valence-electron chi connectivity index (χ3n) is 2.71. The lowest BCUT2D eigenvalue weighted by atomic mass is 10.2. The zero-order valence-corrected chi connectivity index (χ0v) is 9.88. The Balaban J connectivity index is 1.97. The van der Waals surface area contributed by atoms with Crippen LogP contribution in [0.5, 0.6) is 0 Å². The molecule has 15 heavy (non-hydrogen) atoms. The summed E-state index contributed by atoms with van der Waals surface area (Å²) in [6, 6.07) is 0.0684. The van der Waals surface area contributed by atoms with Gasteiger partial charge in [-0.15, -0.1) is 0 Å². The van der Waals surface area contributed by atoms with Crippen LogP contribution in [0.1, 0.15) is 25.7 Å². The zero-order chi connectivity index (χ0) is 11.1. The van der Waals surface area contributed by atoms with E-state index in [2.05, 4.69) is 29.6 Å². The van der Waals surface area contributed by atoms with Crippen molar-refractivity contribution in [3.63, 3.8) is 0 Å². The Morgan fingerprint density at radius 2 is 2.27 bits per heavy atom. The fourth-order valence-electron chi connectivity index (χ4n) is 1.80. The van der Waals surface area contributed by atoms with Gasteiger partial charge in [-0.2, -0.15) is 0 Å². The fraction of sp³-hybridized carbons (Fsp3) is 0.909. The first kappa shape index (κ1) is 12.5. The number of carbonyl (C=O) groups excluding carboxylic acids is 1. The molecule has 0 aromatic carbocycles. The molecule has 1 rings (SSSR count). The molecule has 1 amide bonds. The molecule has 4 heteroatoms. The Kier molecular flexibility index (Phi) is 5.65. The highest BCUT2D eigenvalue weighted by molar-refractivity contribution is 5.81. The van der Waals surface area contributed by atoms with Crippen LogP contribution in [-0.4, -0.2) is 50.6 Å². The number of unbranched alkanes of at least 4 members (excludes halogenated alkanes) is 1. The molecule has 0 radical (unpaired) electrons. The minimum atomic E-state index is 0.0684. The highest BCUT2D eigenvalue weighted by Crippen LogP contribution is 2.04. The average molecular weight is 213 g/mol. The van der Waals surface area contributed by atoms with Crippen molar-refractivity contribution in [2.24, 2.45) is 0 Å². The van der Waals surface area contributed by atoms with Crippen LogP contribution in [0.15, 0.2) is 0 Å². The highest BCUT2D eigenvalue weighted by Gasteiger charge is 2.20. The minimum Gasteiger partial charge on any atom is -0.355 e. The van der Waals surface area contributed by atoms with Crippen LogP contribution in [-0.2, 0) is 4.79 Å². The van der Waals surface area contributed by atoms with Crippen LogP contribution in [0.4, 0.5) is 0 Å². The SMILES string of the molecule is CN(C)CCCCNC(=O)C1CCCN1. The molecule has 1 atom stereocenters. The summed E-state index contributed by atoms with van der Waals surface area (Å²) in [5.74, 6) is 0.178. The summed E-state index contributed by atoms with van der Waals surface area (Å²) in [6.07, 6.45) is 4.32. The second kappa shape index (κ2) is 6.80. The first-order valence-electron chi connectivity index (χ1n) is 5.86. The van der Waals surface area contributed by atoms with Crippen molar-refractivity contribution in [2.75, 3.05) is 33.7 Å². The Morgan fingerprint density at radius 1 is 1.47 bits per heavy atom.